The molecule has 1 aromatic carbocycles. The molecule has 0 unspecified atom stereocenters. The van der Waals surface area contributed by atoms with Crippen LogP contribution in [0.2, 0.25) is 0 Å². The maximum absolute atomic E-state index is 14.4. The van der Waals surface area contributed by atoms with Crippen LogP contribution in [0.25, 0.3) is 5.76 Å². The molecule has 234 valence electrons. The van der Waals surface area contributed by atoms with Crippen molar-refractivity contribution in [3.63, 3.8) is 0 Å². The van der Waals surface area contributed by atoms with Gasteiger partial charge in [-0.1, -0.05) is 90.8 Å². The Kier molecular flexibility index (Phi) is 10.4. The van der Waals surface area contributed by atoms with E-state index >= 15 is 0 Å². The third kappa shape index (κ3) is 7.38. The largest absolute Gasteiger partial charge is 0.477 e. The third-order valence-electron chi connectivity index (χ3n) is 10.2. The van der Waals surface area contributed by atoms with Crippen LogP contribution in [0.15, 0.2) is 53.9 Å². The molecule has 9 atom stereocenters. The second-order valence-electron chi connectivity index (χ2n) is 14.1. The molecule has 0 radical (unpaired) electrons. The van der Waals surface area contributed by atoms with Gasteiger partial charge in [0.2, 0.25) is 6.10 Å². The molecule has 2 aromatic rings. The first-order valence-corrected chi connectivity index (χ1v) is 17.4. The van der Waals surface area contributed by atoms with Crippen molar-refractivity contribution in [2.75, 3.05) is 0 Å². The molecule has 1 aliphatic heterocycles. The number of esters is 2. The molecule has 1 aromatic heterocycles. The molecule has 2 fully saturated rings. The monoisotopic (exact) mass is 606 g/mol. The molecule has 0 N–H and O–H groups in total. The van der Waals surface area contributed by atoms with Crippen molar-refractivity contribution in [2.24, 2.45) is 41.4 Å². The van der Waals surface area contributed by atoms with Gasteiger partial charge >= 0.3 is 11.9 Å². The lowest BCUT2D eigenvalue weighted by atomic mass is 9.75. The topological polar surface area (TPSA) is 61.8 Å². The zero-order valence-electron chi connectivity index (χ0n) is 26.7. The smallest absolute Gasteiger partial charge is 0.348 e. The van der Waals surface area contributed by atoms with Gasteiger partial charge in [-0.05, 0) is 78.7 Å². The average molecular weight is 607 g/mol. The predicted octanol–water partition coefficient (Wildman–Crippen LogP) is 8.90. The number of hydrogen-bond acceptors (Lipinski definition) is 6. The number of thiophene rings is 1. The number of allylic oxidation sites excluding steroid dienone is 1. The van der Waals surface area contributed by atoms with Crippen LogP contribution in [0.4, 0.5) is 0 Å². The van der Waals surface area contributed by atoms with Gasteiger partial charge in [0.05, 0.1) is 0 Å². The van der Waals surface area contributed by atoms with E-state index < -0.39 is 18.0 Å². The molecule has 0 amide bonds. The van der Waals surface area contributed by atoms with E-state index in [4.69, 9.17) is 14.2 Å². The standard InChI is InChI=1S/C37H50O5S/c1-22(2)27-16-14-24(5)19-31(27)41-36(38)34-29(33-13-10-18-43-33)21-30(26-11-8-7-9-12-26)40-35(34)37(39)42-32-20-25(6)15-17-28(32)23(3)4/h7-13,18,21-25,27-29,31-32,34-35H,14-17,19-20H2,1-6H3/t24-,25-,27+,28+,29-,31-,32-,34-,35+/m1/s1. The summed E-state index contributed by atoms with van der Waals surface area (Å²) in [5, 5.41) is 2.02. The van der Waals surface area contributed by atoms with E-state index in [0.717, 1.165) is 49.0 Å². The van der Waals surface area contributed by atoms with Crippen molar-refractivity contribution >= 4 is 29.0 Å². The molecule has 3 aliphatic rings. The molecule has 6 heteroatoms. The first kappa shape index (κ1) is 31.8. The molecule has 43 heavy (non-hydrogen) atoms. The van der Waals surface area contributed by atoms with E-state index in [1.54, 1.807) is 11.3 Å². The average Bonchev–Trinajstić information content (AvgIpc) is 3.52. The van der Waals surface area contributed by atoms with Gasteiger partial charge in [-0.2, -0.15) is 0 Å². The molecular formula is C37H50O5S. The summed E-state index contributed by atoms with van der Waals surface area (Å²) in [5.74, 6) is 0.998. The summed E-state index contributed by atoms with van der Waals surface area (Å²) in [6.45, 7) is 13.3. The van der Waals surface area contributed by atoms with Gasteiger partial charge < -0.3 is 14.2 Å². The van der Waals surface area contributed by atoms with E-state index in [9.17, 15) is 9.59 Å². The Balaban J connectivity index is 1.51. The van der Waals surface area contributed by atoms with Crippen molar-refractivity contribution in [2.45, 2.75) is 104 Å². The summed E-state index contributed by atoms with van der Waals surface area (Å²) in [6.07, 6.45) is 6.63. The Morgan fingerprint density at radius 3 is 1.91 bits per heavy atom. The predicted molar refractivity (Wildman–Crippen MR) is 172 cm³/mol. The van der Waals surface area contributed by atoms with Crippen LogP contribution >= 0.6 is 11.3 Å². The summed E-state index contributed by atoms with van der Waals surface area (Å²) in [4.78, 5) is 29.7. The van der Waals surface area contributed by atoms with Crippen molar-refractivity contribution in [1.82, 2.24) is 0 Å². The molecule has 5 nitrogen and oxygen atoms in total. The van der Waals surface area contributed by atoms with Crippen LogP contribution < -0.4 is 0 Å². The van der Waals surface area contributed by atoms with Gasteiger partial charge in [-0.3, -0.25) is 4.79 Å². The number of ether oxygens (including phenoxy) is 3. The second-order valence-corrected chi connectivity index (χ2v) is 15.1. The Morgan fingerprint density at radius 1 is 0.791 bits per heavy atom. The van der Waals surface area contributed by atoms with E-state index in [2.05, 4.69) is 41.5 Å². The fourth-order valence-corrected chi connectivity index (χ4v) is 8.46. The molecule has 2 aliphatic carbocycles. The molecule has 5 rings (SSSR count). The maximum atomic E-state index is 14.4. The Bertz CT molecular complexity index is 1230. The highest BCUT2D eigenvalue weighted by Gasteiger charge is 2.49. The molecular weight excluding hydrogens is 556 g/mol. The van der Waals surface area contributed by atoms with Gasteiger partial charge in [0.25, 0.3) is 0 Å². The maximum Gasteiger partial charge on any atom is 0.348 e. The lowest BCUT2D eigenvalue weighted by Gasteiger charge is -2.41. The quantitative estimate of drug-likeness (QED) is 0.281. The number of rotatable bonds is 8. The second kappa shape index (κ2) is 14.0. The van der Waals surface area contributed by atoms with Gasteiger partial charge in [0.15, 0.2) is 0 Å². The van der Waals surface area contributed by atoms with Crippen LogP contribution in [0, 0.1) is 41.4 Å². The normalized spacial score (nSPS) is 33.0. The molecule has 0 spiro atoms. The summed E-state index contributed by atoms with van der Waals surface area (Å²) >= 11 is 1.59. The zero-order chi connectivity index (χ0) is 30.7. The summed E-state index contributed by atoms with van der Waals surface area (Å²) < 4.78 is 19.4. The van der Waals surface area contributed by atoms with Crippen molar-refractivity contribution in [1.29, 1.82) is 0 Å². The number of hydrogen-bond donors (Lipinski definition) is 0. The van der Waals surface area contributed by atoms with Crippen LogP contribution in [-0.4, -0.2) is 30.3 Å². The highest BCUT2D eigenvalue weighted by molar-refractivity contribution is 7.10. The van der Waals surface area contributed by atoms with E-state index in [-0.39, 0.29) is 24.1 Å². The van der Waals surface area contributed by atoms with E-state index in [1.807, 2.05) is 53.9 Å². The lowest BCUT2D eigenvalue weighted by Crippen LogP contribution is -2.48. The third-order valence-corrected chi connectivity index (χ3v) is 11.2. The van der Waals surface area contributed by atoms with Gasteiger partial charge in [0, 0.05) is 16.4 Å². The molecule has 2 saturated carbocycles. The van der Waals surface area contributed by atoms with Crippen LogP contribution in [-0.2, 0) is 23.8 Å². The van der Waals surface area contributed by atoms with E-state index in [1.165, 1.54) is 0 Å². The number of carbonyl (C=O) groups is 2. The van der Waals surface area contributed by atoms with Gasteiger partial charge in [-0.25, -0.2) is 4.79 Å². The Hall–Kier alpha value is -2.60. The lowest BCUT2D eigenvalue weighted by molar-refractivity contribution is -0.180. The molecule has 2 heterocycles. The van der Waals surface area contributed by atoms with Crippen molar-refractivity contribution < 1.29 is 23.8 Å². The first-order chi connectivity index (χ1) is 20.6. The van der Waals surface area contributed by atoms with Crippen molar-refractivity contribution in [3.05, 3.63) is 64.4 Å². The van der Waals surface area contributed by atoms with Gasteiger partial charge in [0.1, 0.15) is 23.9 Å². The summed E-state index contributed by atoms with van der Waals surface area (Å²) in [7, 11) is 0. The fraction of sp³-hybridized carbons (Fsp3) is 0.622. The fourth-order valence-electron chi connectivity index (χ4n) is 7.62. The number of benzene rings is 1. The Morgan fingerprint density at radius 2 is 1.37 bits per heavy atom. The minimum atomic E-state index is -1.09. The molecule has 0 bridgehead atoms. The van der Waals surface area contributed by atoms with Gasteiger partial charge in [-0.15, -0.1) is 11.3 Å². The summed E-state index contributed by atoms with van der Waals surface area (Å²) in [5.41, 5.74) is 0.876. The SMILES string of the molecule is CC(C)[C@@H]1CC[C@@H](C)C[C@H]1OC(=O)[C@H]1[C@@H](C(=O)O[C@@H]2C[C@H](C)CC[C@H]2C(C)C)OC(c2ccccc2)=C[C@@H]1c1cccs1. The molecule has 0 saturated heterocycles. The zero-order valence-corrected chi connectivity index (χ0v) is 27.6. The first-order valence-electron chi connectivity index (χ1n) is 16.5. The van der Waals surface area contributed by atoms with Crippen molar-refractivity contribution in [3.8, 4) is 0 Å². The highest BCUT2D eigenvalue weighted by atomic mass is 32.1. The Labute approximate surface area is 262 Å². The van der Waals surface area contributed by atoms with Crippen LogP contribution in [0.5, 0.6) is 0 Å². The highest BCUT2D eigenvalue weighted by Crippen LogP contribution is 2.44. The number of carbonyl (C=O) groups excluding carboxylic acids is 2. The van der Waals surface area contributed by atoms with Crippen LogP contribution in [0.1, 0.15) is 96.4 Å². The van der Waals surface area contributed by atoms with Crippen LogP contribution in [0.3, 0.4) is 0 Å². The minimum Gasteiger partial charge on any atom is -0.477 e. The van der Waals surface area contributed by atoms with E-state index in [0.29, 0.717) is 41.3 Å². The summed E-state index contributed by atoms with van der Waals surface area (Å²) in [6, 6.07) is 13.9. The minimum absolute atomic E-state index is 0.166.